The number of rotatable bonds is 4. The van der Waals surface area contributed by atoms with E-state index < -0.39 is 6.04 Å². The van der Waals surface area contributed by atoms with Gasteiger partial charge >= 0.3 is 0 Å². The van der Waals surface area contributed by atoms with Crippen LogP contribution in [0.25, 0.3) is 10.1 Å². The van der Waals surface area contributed by atoms with Crippen molar-refractivity contribution in [3.63, 3.8) is 0 Å². The molecular formula is C12H13NO2S. The van der Waals surface area contributed by atoms with Crippen molar-refractivity contribution < 1.29 is 9.90 Å². The van der Waals surface area contributed by atoms with Gasteiger partial charge in [0.2, 0.25) is 0 Å². The van der Waals surface area contributed by atoms with Gasteiger partial charge in [-0.25, -0.2) is 0 Å². The molecule has 2 aromatic rings. The summed E-state index contributed by atoms with van der Waals surface area (Å²) in [6.07, 6.45) is 0. The SMILES string of the molecule is CNC(CO)C(=O)c1ccc2ccsc2c1. The van der Waals surface area contributed by atoms with E-state index in [-0.39, 0.29) is 12.4 Å². The van der Waals surface area contributed by atoms with Gasteiger partial charge in [-0.2, -0.15) is 0 Å². The number of thiophene rings is 1. The molecule has 1 atom stereocenters. The van der Waals surface area contributed by atoms with Crippen LogP contribution in [0.4, 0.5) is 0 Å². The Labute approximate surface area is 97.7 Å². The highest BCUT2D eigenvalue weighted by atomic mass is 32.1. The molecule has 0 saturated carbocycles. The van der Waals surface area contributed by atoms with E-state index in [9.17, 15) is 4.79 Å². The molecule has 1 aromatic heterocycles. The fourth-order valence-corrected chi connectivity index (χ4v) is 2.44. The fraction of sp³-hybridized carbons (Fsp3) is 0.250. The van der Waals surface area contributed by atoms with Crippen LogP contribution in [0.5, 0.6) is 0 Å². The standard InChI is InChI=1S/C12H13NO2S/c1-13-10(7-14)12(15)9-3-2-8-4-5-16-11(8)6-9/h2-6,10,13-14H,7H2,1H3. The number of benzene rings is 1. The number of hydrogen-bond acceptors (Lipinski definition) is 4. The molecule has 0 aliphatic rings. The Morgan fingerprint density at radius 2 is 2.31 bits per heavy atom. The van der Waals surface area contributed by atoms with Crippen LogP contribution in [0, 0.1) is 0 Å². The topological polar surface area (TPSA) is 49.3 Å². The molecule has 84 valence electrons. The third-order valence-corrected chi connectivity index (χ3v) is 3.47. The number of Topliss-reactive ketones (excluding diaryl/α,β-unsaturated/α-hetero) is 1. The lowest BCUT2D eigenvalue weighted by atomic mass is 10.0. The second-order valence-corrected chi connectivity index (χ2v) is 4.51. The highest BCUT2D eigenvalue weighted by Crippen LogP contribution is 2.22. The molecule has 2 rings (SSSR count). The van der Waals surface area contributed by atoms with Crippen molar-refractivity contribution in [1.29, 1.82) is 0 Å². The van der Waals surface area contributed by atoms with Crippen LogP contribution in [0.2, 0.25) is 0 Å². The number of carbonyl (C=O) groups excluding carboxylic acids is 1. The number of likely N-dealkylation sites (N-methyl/N-ethyl adjacent to an activating group) is 1. The Kier molecular flexibility index (Phi) is 3.33. The zero-order chi connectivity index (χ0) is 11.5. The normalized spacial score (nSPS) is 12.9. The molecule has 0 amide bonds. The molecule has 0 bridgehead atoms. The molecule has 16 heavy (non-hydrogen) atoms. The summed E-state index contributed by atoms with van der Waals surface area (Å²) in [5.74, 6) is -0.0692. The Morgan fingerprint density at radius 3 is 3.00 bits per heavy atom. The second-order valence-electron chi connectivity index (χ2n) is 3.56. The van der Waals surface area contributed by atoms with Crippen molar-refractivity contribution >= 4 is 27.2 Å². The summed E-state index contributed by atoms with van der Waals surface area (Å²) in [4.78, 5) is 12.0. The number of hydrogen-bond donors (Lipinski definition) is 2. The van der Waals surface area contributed by atoms with E-state index in [4.69, 9.17) is 5.11 Å². The molecule has 3 nitrogen and oxygen atoms in total. The molecule has 0 aliphatic carbocycles. The molecule has 1 heterocycles. The lowest BCUT2D eigenvalue weighted by molar-refractivity contribution is 0.0904. The van der Waals surface area contributed by atoms with Crippen molar-refractivity contribution in [2.24, 2.45) is 0 Å². The summed E-state index contributed by atoms with van der Waals surface area (Å²) in [5.41, 5.74) is 0.642. The first-order chi connectivity index (χ1) is 7.76. The Hall–Kier alpha value is -1.23. The lowest BCUT2D eigenvalue weighted by Gasteiger charge is -2.11. The summed E-state index contributed by atoms with van der Waals surface area (Å²) in [6.45, 7) is -0.183. The number of fused-ring (bicyclic) bond motifs is 1. The van der Waals surface area contributed by atoms with E-state index in [1.807, 2.05) is 23.6 Å². The average Bonchev–Trinajstić information content (AvgIpc) is 2.77. The van der Waals surface area contributed by atoms with Crippen molar-refractivity contribution in [2.45, 2.75) is 6.04 Å². The van der Waals surface area contributed by atoms with E-state index in [2.05, 4.69) is 5.32 Å². The molecule has 1 unspecified atom stereocenters. The van der Waals surface area contributed by atoms with Gasteiger partial charge in [0.1, 0.15) is 0 Å². The summed E-state index contributed by atoms with van der Waals surface area (Å²) in [6, 6.07) is 7.12. The van der Waals surface area contributed by atoms with Crippen molar-refractivity contribution in [2.75, 3.05) is 13.7 Å². The van der Waals surface area contributed by atoms with Crippen molar-refractivity contribution in [1.82, 2.24) is 5.32 Å². The summed E-state index contributed by atoms with van der Waals surface area (Å²) in [5, 5.41) is 15.0. The number of carbonyl (C=O) groups is 1. The molecule has 0 spiro atoms. The molecule has 0 radical (unpaired) electrons. The Bertz CT molecular complexity index is 502. The minimum atomic E-state index is -0.516. The number of nitrogens with one attached hydrogen (secondary N) is 1. The van der Waals surface area contributed by atoms with Gasteiger partial charge in [-0.15, -0.1) is 11.3 Å². The second kappa shape index (κ2) is 4.74. The highest BCUT2D eigenvalue weighted by molar-refractivity contribution is 7.17. The van der Waals surface area contributed by atoms with Gasteiger partial charge in [0.15, 0.2) is 5.78 Å². The van der Waals surface area contributed by atoms with Gasteiger partial charge in [0, 0.05) is 10.3 Å². The van der Waals surface area contributed by atoms with Gasteiger partial charge < -0.3 is 10.4 Å². The number of ketones is 1. The first kappa shape index (κ1) is 11.3. The summed E-state index contributed by atoms with van der Waals surface area (Å²) >= 11 is 1.61. The van der Waals surface area contributed by atoms with E-state index in [0.29, 0.717) is 5.56 Å². The van der Waals surface area contributed by atoms with E-state index >= 15 is 0 Å². The highest BCUT2D eigenvalue weighted by Gasteiger charge is 2.17. The maximum absolute atomic E-state index is 12.0. The zero-order valence-electron chi connectivity index (χ0n) is 8.93. The molecule has 1 aromatic carbocycles. The molecule has 2 N–H and O–H groups in total. The summed E-state index contributed by atoms with van der Waals surface area (Å²) in [7, 11) is 1.67. The maximum Gasteiger partial charge on any atom is 0.182 e. The minimum Gasteiger partial charge on any atom is -0.394 e. The van der Waals surface area contributed by atoms with Crippen LogP contribution in [-0.4, -0.2) is 30.6 Å². The Morgan fingerprint density at radius 1 is 1.50 bits per heavy atom. The predicted molar refractivity (Wildman–Crippen MR) is 66.1 cm³/mol. The van der Waals surface area contributed by atoms with Crippen LogP contribution < -0.4 is 5.32 Å². The van der Waals surface area contributed by atoms with Crippen LogP contribution in [0.3, 0.4) is 0 Å². The average molecular weight is 235 g/mol. The largest absolute Gasteiger partial charge is 0.394 e. The summed E-state index contributed by atoms with van der Waals surface area (Å²) < 4.78 is 1.10. The van der Waals surface area contributed by atoms with Gasteiger partial charge in [0.25, 0.3) is 0 Å². The zero-order valence-corrected chi connectivity index (χ0v) is 9.75. The van der Waals surface area contributed by atoms with Crippen molar-refractivity contribution in [3.8, 4) is 0 Å². The van der Waals surface area contributed by atoms with Crippen LogP contribution in [0.1, 0.15) is 10.4 Å². The fourth-order valence-electron chi connectivity index (χ4n) is 1.61. The monoisotopic (exact) mass is 235 g/mol. The van der Waals surface area contributed by atoms with Gasteiger partial charge in [-0.3, -0.25) is 4.79 Å². The van der Waals surface area contributed by atoms with E-state index in [1.165, 1.54) is 0 Å². The van der Waals surface area contributed by atoms with Crippen molar-refractivity contribution in [3.05, 3.63) is 35.2 Å². The first-order valence-corrected chi connectivity index (χ1v) is 5.94. The third kappa shape index (κ3) is 2.00. The van der Waals surface area contributed by atoms with Gasteiger partial charge in [-0.05, 0) is 29.9 Å². The predicted octanol–water partition coefficient (Wildman–Crippen LogP) is 1.66. The molecule has 0 aliphatic heterocycles. The van der Waals surface area contributed by atoms with Gasteiger partial charge in [0.05, 0.1) is 12.6 Å². The smallest absolute Gasteiger partial charge is 0.182 e. The molecule has 4 heteroatoms. The quantitative estimate of drug-likeness (QED) is 0.792. The number of aliphatic hydroxyl groups excluding tert-OH is 1. The minimum absolute atomic E-state index is 0.0692. The molecule has 0 saturated heterocycles. The van der Waals surface area contributed by atoms with Crippen LogP contribution >= 0.6 is 11.3 Å². The van der Waals surface area contributed by atoms with Crippen LogP contribution in [0.15, 0.2) is 29.6 Å². The van der Waals surface area contributed by atoms with Crippen LogP contribution in [-0.2, 0) is 0 Å². The van der Waals surface area contributed by atoms with E-state index in [1.54, 1.807) is 24.5 Å². The number of aliphatic hydroxyl groups is 1. The third-order valence-electron chi connectivity index (χ3n) is 2.59. The molecule has 0 fully saturated rings. The molecular weight excluding hydrogens is 222 g/mol. The van der Waals surface area contributed by atoms with Gasteiger partial charge in [-0.1, -0.05) is 12.1 Å². The lowest BCUT2D eigenvalue weighted by Crippen LogP contribution is -2.37. The first-order valence-electron chi connectivity index (χ1n) is 5.06. The Balaban J connectivity index is 2.35. The van der Waals surface area contributed by atoms with E-state index in [0.717, 1.165) is 10.1 Å². The maximum atomic E-state index is 12.0.